The van der Waals surface area contributed by atoms with Crippen molar-refractivity contribution in [1.29, 1.82) is 0 Å². The number of nitrogens with two attached hydrogens (primary N) is 1. The van der Waals surface area contributed by atoms with Crippen molar-refractivity contribution in [2.24, 2.45) is 5.84 Å². The molecule has 1 aliphatic heterocycles. The second-order valence-corrected chi connectivity index (χ2v) is 2.38. The average molecular weight is 146 g/mol. The van der Waals surface area contributed by atoms with Gasteiger partial charge < -0.3 is 16.1 Å². The van der Waals surface area contributed by atoms with Crippen molar-refractivity contribution in [3.8, 4) is 0 Å². The summed E-state index contributed by atoms with van der Waals surface area (Å²) in [6.07, 6.45) is 0. The second-order valence-electron chi connectivity index (χ2n) is 1.97. The van der Waals surface area contributed by atoms with Crippen molar-refractivity contribution >= 4 is 17.3 Å². The first-order valence-corrected chi connectivity index (χ1v) is 3.21. The molecule has 1 rings (SSSR count). The van der Waals surface area contributed by atoms with Gasteiger partial charge in [0.05, 0.1) is 6.04 Å². The van der Waals surface area contributed by atoms with Crippen LogP contribution in [0.1, 0.15) is 0 Å². The molecule has 0 radical (unpaired) electrons. The van der Waals surface area contributed by atoms with Crippen molar-refractivity contribution in [2.75, 3.05) is 13.1 Å². The van der Waals surface area contributed by atoms with Crippen molar-refractivity contribution in [1.82, 2.24) is 16.1 Å². The van der Waals surface area contributed by atoms with Crippen LogP contribution in [-0.4, -0.2) is 24.2 Å². The van der Waals surface area contributed by atoms with Crippen molar-refractivity contribution in [3.05, 3.63) is 0 Å². The highest BCUT2D eigenvalue weighted by Gasteiger charge is 2.15. The predicted molar refractivity (Wildman–Crippen MR) is 39.7 cm³/mol. The topological polar surface area (TPSA) is 62.1 Å². The number of nitrogens with one attached hydrogen (secondary N) is 3. The first kappa shape index (κ1) is 6.73. The van der Waals surface area contributed by atoms with E-state index in [1.165, 1.54) is 0 Å². The van der Waals surface area contributed by atoms with Gasteiger partial charge in [0.25, 0.3) is 0 Å². The van der Waals surface area contributed by atoms with Crippen LogP contribution >= 0.6 is 12.2 Å². The number of hydrogen-bond donors (Lipinski definition) is 4. The zero-order chi connectivity index (χ0) is 6.69. The van der Waals surface area contributed by atoms with Gasteiger partial charge in [0.1, 0.15) is 0 Å². The van der Waals surface area contributed by atoms with Gasteiger partial charge in [-0.1, -0.05) is 0 Å². The second kappa shape index (κ2) is 2.95. The Morgan fingerprint density at radius 1 is 1.67 bits per heavy atom. The third kappa shape index (κ3) is 1.78. The van der Waals surface area contributed by atoms with Gasteiger partial charge in [-0.3, -0.25) is 0 Å². The molecule has 4 nitrogen and oxygen atoms in total. The van der Waals surface area contributed by atoms with E-state index in [-0.39, 0.29) is 0 Å². The molecule has 52 valence electrons. The quantitative estimate of drug-likeness (QED) is 0.202. The molecule has 5 N–H and O–H groups in total. The monoisotopic (exact) mass is 146 g/mol. The minimum Gasteiger partial charge on any atom is -0.356 e. The van der Waals surface area contributed by atoms with Crippen LogP contribution in [0.3, 0.4) is 0 Å². The van der Waals surface area contributed by atoms with Crippen LogP contribution in [0.25, 0.3) is 0 Å². The summed E-state index contributed by atoms with van der Waals surface area (Å²) in [5.41, 5.74) is 2.36. The molecule has 1 aliphatic rings. The van der Waals surface area contributed by atoms with E-state index in [0.717, 1.165) is 13.1 Å². The van der Waals surface area contributed by atoms with E-state index in [4.69, 9.17) is 18.1 Å². The lowest BCUT2D eigenvalue weighted by Crippen LogP contribution is -2.59. The van der Waals surface area contributed by atoms with Crippen LogP contribution in [0.2, 0.25) is 0 Å². The largest absolute Gasteiger partial charge is 0.356 e. The summed E-state index contributed by atoms with van der Waals surface area (Å²) in [4.78, 5) is 0. The van der Waals surface area contributed by atoms with Gasteiger partial charge in [-0.2, -0.15) is 0 Å². The van der Waals surface area contributed by atoms with E-state index in [1.807, 2.05) is 0 Å². The van der Waals surface area contributed by atoms with Gasteiger partial charge in [-0.25, -0.2) is 5.84 Å². The van der Waals surface area contributed by atoms with Crippen LogP contribution in [-0.2, 0) is 0 Å². The molecule has 0 aromatic carbocycles. The summed E-state index contributed by atoms with van der Waals surface area (Å²) in [6, 6.07) is 0.466. The third-order valence-electron chi connectivity index (χ3n) is 1.25. The minimum atomic E-state index is 0.466. The Labute approximate surface area is 59.1 Å². The van der Waals surface area contributed by atoms with E-state index in [0.29, 0.717) is 11.2 Å². The van der Waals surface area contributed by atoms with Crippen molar-refractivity contribution in [2.45, 2.75) is 6.04 Å². The minimum absolute atomic E-state index is 0.466. The maximum atomic E-state index is 5.03. The van der Waals surface area contributed by atoms with E-state index >= 15 is 0 Å². The van der Waals surface area contributed by atoms with E-state index in [1.54, 1.807) is 0 Å². The molecule has 9 heavy (non-hydrogen) atoms. The summed E-state index contributed by atoms with van der Waals surface area (Å²) in [6.45, 7) is 1.95. The standard InChI is InChI=1S/C4H10N4S/c5-8-4(9)7-3-1-6-2-3/h3,6H,1-2,5H2,(H2,7,8,9). The first-order chi connectivity index (χ1) is 4.33. The Bertz CT molecular complexity index is 111. The lowest BCUT2D eigenvalue weighted by Gasteiger charge is -2.28. The smallest absolute Gasteiger partial charge is 0.180 e. The zero-order valence-electron chi connectivity index (χ0n) is 4.98. The zero-order valence-corrected chi connectivity index (χ0v) is 5.79. The van der Waals surface area contributed by atoms with E-state index in [2.05, 4.69) is 16.1 Å². The van der Waals surface area contributed by atoms with Gasteiger partial charge >= 0.3 is 0 Å². The summed E-state index contributed by atoms with van der Waals surface area (Å²) in [5, 5.41) is 6.61. The van der Waals surface area contributed by atoms with Gasteiger partial charge in [0, 0.05) is 13.1 Å². The van der Waals surface area contributed by atoms with Crippen LogP contribution in [0.15, 0.2) is 0 Å². The fraction of sp³-hybridized carbons (Fsp3) is 0.750. The normalized spacial score (nSPS) is 18.3. The Kier molecular flexibility index (Phi) is 2.21. The summed E-state index contributed by atoms with van der Waals surface area (Å²) >= 11 is 4.76. The summed E-state index contributed by atoms with van der Waals surface area (Å²) in [5.74, 6) is 5.03. The van der Waals surface area contributed by atoms with E-state index < -0.39 is 0 Å². The van der Waals surface area contributed by atoms with Crippen molar-refractivity contribution < 1.29 is 0 Å². The Balaban J connectivity index is 2.09. The number of hydrogen-bond acceptors (Lipinski definition) is 3. The molecule has 0 aromatic rings. The number of thiocarbonyl (C=S) groups is 1. The molecule has 1 saturated heterocycles. The first-order valence-electron chi connectivity index (χ1n) is 2.81. The molecule has 0 atom stereocenters. The summed E-state index contributed by atoms with van der Waals surface area (Å²) in [7, 11) is 0. The number of rotatable bonds is 1. The maximum absolute atomic E-state index is 5.03. The van der Waals surface area contributed by atoms with Gasteiger partial charge in [0.2, 0.25) is 0 Å². The van der Waals surface area contributed by atoms with Crippen LogP contribution < -0.4 is 21.9 Å². The molecular formula is C4H10N4S. The van der Waals surface area contributed by atoms with Crippen LogP contribution in [0, 0.1) is 0 Å². The van der Waals surface area contributed by atoms with Gasteiger partial charge in [0.15, 0.2) is 5.11 Å². The lowest BCUT2D eigenvalue weighted by atomic mass is 10.2. The Hall–Kier alpha value is -0.390. The fourth-order valence-electron chi connectivity index (χ4n) is 0.618. The molecule has 0 spiro atoms. The number of hydrazine groups is 1. The highest BCUT2D eigenvalue weighted by molar-refractivity contribution is 7.80. The van der Waals surface area contributed by atoms with Gasteiger partial charge in [-0.05, 0) is 12.2 Å². The molecule has 0 saturated carbocycles. The molecule has 0 bridgehead atoms. The molecule has 0 unspecified atom stereocenters. The van der Waals surface area contributed by atoms with Gasteiger partial charge in [-0.15, -0.1) is 0 Å². The van der Waals surface area contributed by atoms with E-state index in [9.17, 15) is 0 Å². The van der Waals surface area contributed by atoms with Crippen molar-refractivity contribution in [3.63, 3.8) is 0 Å². The molecule has 1 heterocycles. The highest BCUT2D eigenvalue weighted by atomic mass is 32.1. The lowest BCUT2D eigenvalue weighted by molar-refractivity contribution is 0.410. The molecule has 0 amide bonds. The Morgan fingerprint density at radius 3 is 2.67 bits per heavy atom. The Morgan fingerprint density at radius 2 is 2.33 bits per heavy atom. The molecular weight excluding hydrogens is 136 g/mol. The molecule has 0 aliphatic carbocycles. The average Bonchev–Trinajstić information content (AvgIpc) is 1.78. The van der Waals surface area contributed by atoms with Crippen LogP contribution in [0.5, 0.6) is 0 Å². The third-order valence-corrected chi connectivity index (χ3v) is 1.48. The molecule has 1 fully saturated rings. The van der Waals surface area contributed by atoms with Crippen LogP contribution in [0.4, 0.5) is 0 Å². The molecule has 5 heteroatoms. The SMILES string of the molecule is NNC(=S)NC1CNC1. The maximum Gasteiger partial charge on any atom is 0.180 e. The summed E-state index contributed by atoms with van der Waals surface area (Å²) < 4.78 is 0. The molecule has 0 aromatic heterocycles. The predicted octanol–water partition coefficient (Wildman–Crippen LogP) is -1.70. The highest BCUT2D eigenvalue weighted by Crippen LogP contribution is 1.88. The fourth-order valence-corrected chi connectivity index (χ4v) is 0.784.